The van der Waals surface area contributed by atoms with Crippen molar-refractivity contribution in [2.24, 2.45) is 5.11 Å². The van der Waals surface area contributed by atoms with Crippen molar-refractivity contribution < 1.29 is 9.79 Å². The molecule has 0 amide bonds. The van der Waals surface area contributed by atoms with Gasteiger partial charge in [-0.3, -0.25) is 0 Å². The molecule has 0 unspecified atom stereocenters. The molecular weight excluding hydrogens is 103 g/mol. The standard InChI is InChI=1S/CH5N2O2P/c2-3-1-6(4)5/h2,4-5H,1H2. The maximum absolute atomic E-state index is 7.96. The summed E-state index contributed by atoms with van der Waals surface area (Å²) < 4.78 is 0. The van der Waals surface area contributed by atoms with E-state index in [9.17, 15) is 0 Å². The summed E-state index contributed by atoms with van der Waals surface area (Å²) >= 11 is 0. The van der Waals surface area contributed by atoms with Gasteiger partial charge in [-0.1, -0.05) is 0 Å². The third-order valence-corrected chi connectivity index (χ3v) is 0.592. The molecule has 0 aliphatic heterocycles. The van der Waals surface area contributed by atoms with Crippen LogP contribution in [-0.2, 0) is 0 Å². The van der Waals surface area contributed by atoms with Gasteiger partial charge in [0.1, 0.15) is 6.29 Å². The molecule has 0 radical (unpaired) electrons. The molecule has 0 heterocycles. The quantitative estimate of drug-likeness (QED) is 0.350. The van der Waals surface area contributed by atoms with Crippen LogP contribution in [0.2, 0.25) is 0 Å². The number of nitrogens with zero attached hydrogens (tertiary/aromatic N) is 1. The summed E-state index contributed by atoms with van der Waals surface area (Å²) in [6.07, 6.45) is -0.157. The lowest BCUT2D eigenvalue weighted by molar-refractivity contribution is 0.482. The van der Waals surface area contributed by atoms with Crippen molar-refractivity contribution in [2.45, 2.75) is 0 Å². The van der Waals surface area contributed by atoms with E-state index in [2.05, 4.69) is 5.11 Å². The first-order valence-corrected chi connectivity index (χ1v) is 2.69. The summed E-state index contributed by atoms with van der Waals surface area (Å²) in [5.41, 5.74) is 6.05. The Labute approximate surface area is 36.2 Å². The number of hydrogen-bond donors (Lipinski definition) is 3. The fourth-order valence-corrected chi connectivity index (χ4v) is 0.190. The molecule has 0 fully saturated rings. The Balaban J connectivity index is 2.81. The fraction of sp³-hybridized carbons (Fsp3) is 1.00. The molecule has 5 heteroatoms. The van der Waals surface area contributed by atoms with E-state index in [1.165, 1.54) is 0 Å². The van der Waals surface area contributed by atoms with E-state index in [1.807, 2.05) is 0 Å². The third kappa shape index (κ3) is 3.95. The first-order valence-electron chi connectivity index (χ1n) is 1.26. The van der Waals surface area contributed by atoms with Crippen LogP contribution in [0.25, 0.3) is 0 Å². The number of hydrogen-bond acceptors (Lipinski definition) is 4. The minimum absolute atomic E-state index is 0.157. The number of rotatable bonds is 2. The topological polar surface area (TPSA) is 76.7 Å². The van der Waals surface area contributed by atoms with Gasteiger partial charge in [-0.15, -0.1) is 0 Å². The predicted molar refractivity (Wildman–Crippen MR) is 21.4 cm³/mol. The van der Waals surface area contributed by atoms with Crippen molar-refractivity contribution in [3.05, 3.63) is 0 Å². The molecule has 4 nitrogen and oxygen atoms in total. The van der Waals surface area contributed by atoms with Crippen LogP contribution >= 0.6 is 8.38 Å². The Morgan fingerprint density at radius 3 is 2.17 bits per heavy atom. The van der Waals surface area contributed by atoms with Gasteiger partial charge in [0.25, 0.3) is 0 Å². The van der Waals surface area contributed by atoms with Crippen LogP contribution in [0.4, 0.5) is 0 Å². The van der Waals surface area contributed by atoms with E-state index in [-0.39, 0.29) is 6.29 Å². The minimum Gasteiger partial charge on any atom is -0.349 e. The zero-order valence-electron chi connectivity index (χ0n) is 3.00. The van der Waals surface area contributed by atoms with E-state index in [4.69, 9.17) is 15.3 Å². The van der Waals surface area contributed by atoms with Crippen LogP contribution in [0, 0.1) is 5.53 Å². The maximum atomic E-state index is 7.96. The van der Waals surface area contributed by atoms with E-state index >= 15 is 0 Å². The Bertz CT molecular complexity index is 46.8. The van der Waals surface area contributed by atoms with Gasteiger partial charge in [0.15, 0.2) is 8.38 Å². The Hall–Kier alpha value is -0.0500. The summed E-state index contributed by atoms with van der Waals surface area (Å²) in [7, 11) is -1.95. The largest absolute Gasteiger partial charge is 0.349 e. The molecule has 0 rings (SSSR count). The second-order valence-electron chi connectivity index (χ2n) is 0.672. The van der Waals surface area contributed by atoms with Crippen LogP contribution in [-0.4, -0.2) is 16.1 Å². The predicted octanol–water partition coefficient (Wildman–Crippen LogP) is 0.271. The average molecular weight is 108 g/mol. The fourth-order valence-electron chi connectivity index (χ4n) is 0.0632. The second-order valence-corrected chi connectivity index (χ2v) is 1.70. The molecule has 0 bridgehead atoms. The van der Waals surface area contributed by atoms with Gasteiger partial charge in [-0.25, -0.2) is 5.53 Å². The van der Waals surface area contributed by atoms with Crippen LogP contribution in [0.5, 0.6) is 0 Å². The molecule has 0 aromatic carbocycles. The highest BCUT2D eigenvalue weighted by atomic mass is 31.2. The van der Waals surface area contributed by atoms with Crippen LogP contribution < -0.4 is 0 Å². The zero-order chi connectivity index (χ0) is 4.99. The highest BCUT2D eigenvalue weighted by Gasteiger charge is 1.90. The maximum Gasteiger partial charge on any atom is 0.190 e. The zero-order valence-corrected chi connectivity index (χ0v) is 3.89. The van der Waals surface area contributed by atoms with Crippen LogP contribution in [0.1, 0.15) is 0 Å². The van der Waals surface area contributed by atoms with Crippen molar-refractivity contribution in [1.82, 2.24) is 0 Å². The molecule has 0 saturated carbocycles. The lowest BCUT2D eigenvalue weighted by atomic mass is 11.5. The van der Waals surface area contributed by atoms with Gasteiger partial charge in [0, 0.05) is 0 Å². The normalized spacial score (nSPS) is 9.17. The molecule has 0 aliphatic rings. The molecule has 0 atom stereocenters. The molecule has 0 saturated heterocycles. The smallest absolute Gasteiger partial charge is 0.190 e. The van der Waals surface area contributed by atoms with Gasteiger partial charge in [0.05, 0.1) is 0 Å². The van der Waals surface area contributed by atoms with E-state index < -0.39 is 8.38 Å². The second kappa shape index (κ2) is 3.15. The summed E-state index contributed by atoms with van der Waals surface area (Å²) in [5, 5.41) is 2.71. The SMILES string of the molecule is N=NCP(O)O. The van der Waals surface area contributed by atoms with Gasteiger partial charge in [-0.05, 0) is 0 Å². The Kier molecular flexibility index (Phi) is 3.13. The van der Waals surface area contributed by atoms with Crippen molar-refractivity contribution >= 4 is 8.38 Å². The molecule has 0 spiro atoms. The summed E-state index contributed by atoms with van der Waals surface area (Å²) in [5.74, 6) is 0. The van der Waals surface area contributed by atoms with Crippen LogP contribution in [0.15, 0.2) is 5.11 Å². The Morgan fingerprint density at radius 2 is 2.17 bits per heavy atom. The van der Waals surface area contributed by atoms with Gasteiger partial charge >= 0.3 is 0 Å². The number of nitrogens with one attached hydrogen (secondary N) is 1. The molecule has 36 valence electrons. The first kappa shape index (κ1) is 5.95. The third-order valence-electron chi connectivity index (χ3n) is 0.197. The van der Waals surface area contributed by atoms with Gasteiger partial charge in [-0.2, -0.15) is 5.11 Å². The van der Waals surface area contributed by atoms with Gasteiger partial charge in [0.2, 0.25) is 0 Å². The summed E-state index contributed by atoms with van der Waals surface area (Å²) in [6.45, 7) is 0. The lowest BCUT2D eigenvalue weighted by Crippen LogP contribution is -1.70. The van der Waals surface area contributed by atoms with Crippen molar-refractivity contribution in [1.29, 1.82) is 5.53 Å². The molecule has 6 heavy (non-hydrogen) atoms. The summed E-state index contributed by atoms with van der Waals surface area (Å²) in [6, 6.07) is 0. The molecule has 0 aromatic heterocycles. The molecule has 3 N–H and O–H groups in total. The molecule has 0 aliphatic carbocycles. The molecule has 0 aromatic rings. The van der Waals surface area contributed by atoms with Gasteiger partial charge < -0.3 is 9.79 Å². The average Bonchev–Trinajstić information content (AvgIpc) is 1.35. The van der Waals surface area contributed by atoms with E-state index in [0.717, 1.165) is 0 Å². The Morgan fingerprint density at radius 1 is 1.67 bits per heavy atom. The van der Waals surface area contributed by atoms with Crippen molar-refractivity contribution in [2.75, 3.05) is 6.29 Å². The monoisotopic (exact) mass is 108 g/mol. The van der Waals surface area contributed by atoms with E-state index in [0.29, 0.717) is 0 Å². The lowest BCUT2D eigenvalue weighted by Gasteiger charge is -1.88. The molecular formula is CH5N2O2P. The van der Waals surface area contributed by atoms with E-state index in [1.54, 1.807) is 0 Å². The van der Waals surface area contributed by atoms with Crippen molar-refractivity contribution in [3.63, 3.8) is 0 Å². The minimum atomic E-state index is -1.95. The van der Waals surface area contributed by atoms with Crippen LogP contribution in [0.3, 0.4) is 0 Å². The first-order chi connectivity index (χ1) is 2.77. The highest BCUT2D eigenvalue weighted by Crippen LogP contribution is 2.21. The highest BCUT2D eigenvalue weighted by molar-refractivity contribution is 7.45. The summed E-state index contributed by atoms with van der Waals surface area (Å²) in [4.78, 5) is 15.9. The van der Waals surface area contributed by atoms with Crippen molar-refractivity contribution in [3.8, 4) is 0 Å².